The van der Waals surface area contributed by atoms with Crippen LogP contribution in [0.3, 0.4) is 0 Å². The summed E-state index contributed by atoms with van der Waals surface area (Å²) in [6, 6.07) is 6.05. The largest absolute Gasteiger partial charge is 0.396 e. The molecule has 0 saturated carbocycles. The zero-order chi connectivity index (χ0) is 14.5. The molecule has 1 unspecified atom stereocenters. The molecule has 3 heterocycles. The maximum atomic E-state index is 8.84. The van der Waals surface area contributed by atoms with Gasteiger partial charge in [0.15, 0.2) is 5.65 Å². The number of hydrogen-bond donors (Lipinski definition) is 1. The van der Waals surface area contributed by atoms with Gasteiger partial charge in [-0.1, -0.05) is 6.07 Å². The van der Waals surface area contributed by atoms with Crippen LogP contribution < -0.4 is 0 Å². The molecule has 5 heteroatoms. The summed E-state index contributed by atoms with van der Waals surface area (Å²) in [5.74, 6) is 1.58. The molecule has 1 aliphatic heterocycles. The lowest BCUT2D eigenvalue weighted by molar-refractivity contribution is 0.197. The van der Waals surface area contributed by atoms with E-state index in [0.717, 1.165) is 37.4 Å². The second kappa shape index (κ2) is 7.00. The molecule has 1 fully saturated rings. The summed E-state index contributed by atoms with van der Waals surface area (Å²) in [6.07, 6.45) is 7.70. The SMILES string of the molecule is OCCCCCN1CCCC(c2nnc3ccccn23)C1. The molecular weight excluding hydrogens is 264 g/mol. The lowest BCUT2D eigenvalue weighted by Crippen LogP contribution is -2.35. The van der Waals surface area contributed by atoms with Crippen LogP contribution in [0.15, 0.2) is 24.4 Å². The van der Waals surface area contributed by atoms with Crippen molar-refractivity contribution in [2.45, 2.75) is 38.0 Å². The van der Waals surface area contributed by atoms with E-state index in [1.165, 1.54) is 25.8 Å². The van der Waals surface area contributed by atoms with Crippen LogP contribution in [0.4, 0.5) is 0 Å². The molecule has 21 heavy (non-hydrogen) atoms. The number of aliphatic hydroxyl groups excluding tert-OH is 1. The van der Waals surface area contributed by atoms with Crippen LogP contribution in [0, 0.1) is 0 Å². The van der Waals surface area contributed by atoms with Gasteiger partial charge in [0, 0.05) is 25.3 Å². The maximum Gasteiger partial charge on any atom is 0.160 e. The van der Waals surface area contributed by atoms with E-state index < -0.39 is 0 Å². The number of piperidine rings is 1. The molecular formula is C16H24N4O. The molecule has 1 N–H and O–H groups in total. The van der Waals surface area contributed by atoms with Gasteiger partial charge in [-0.05, 0) is 57.3 Å². The Hall–Kier alpha value is -1.46. The summed E-state index contributed by atoms with van der Waals surface area (Å²) in [4.78, 5) is 2.54. The molecule has 1 aliphatic rings. The van der Waals surface area contributed by atoms with Gasteiger partial charge in [0.2, 0.25) is 0 Å². The minimum absolute atomic E-state index is 0.314. The summed E-state index contributed by atoms with van der Waals surface area (Å²) < 4.78 is 2.12. The number of pyridine rings is 1. The number of fused-ring (bicyclic) bond motifs is 1. The van der Waals surface area contributed by atoms with Crippen molar-refractivity contribution in [1.82, 2.24) is 19.5 Å². The highest BCUT2D eigenvalue weighted by Gasteiger charge is 2.24. The smallest absolute Gasteiger partial charge is 0.160 e. The standard InChI is InChI=1S/C16H24N4O/c21-12-5-1-3-9-19-10-6-7-14(13-19)16-18-17-15-8-2-4-11-20(15)16/h2,4,8,11,14,21H,1,3,5-7,9-10,12-13H2. The quantitative estimate of drug-likeness (QED) is 0.827. The minimum Gasteiger partial charge on any atom is -0.396 e. The van der Waals surface area contributed by atoms with Gasteiger partial charge in [0.1, 0.15) is 5.82 Å². The van der Waals surface area contributed by atoms with Crippen LogP contribution in [0.25, 0.3) is 5.65 Å². The predicted molar refractivity (Wildman–Crippen MR) is 82.3 cm³/mol. The number of unbranched alkanes of at least 4 members (excludes halogenated alkanes) is 2. The van der Waals surface area contributed by atoms with Crippen molar-refractivity contribution in [1.29, 1.82) is 0 Å². The molecule has 2 aromatic heterocycles. The fraction of sp³-hybridized carbons (Fsp3) is 0.625. The topological polar surface area (TPSA) is 53.7 Å². The minimum atomic E-state index is 0.314. The van der Waals surface area contributed by atoms with E-state index in [1.54, 1.807) is 0 Å². The second-order valence-electron chi connectivity index (χ2n) is 5.91. The van der Waals surface area contributed by atoms with E-state index in [-0.39, 0.29) is 0 Å². The summed E-state index contributed by atoms with van der Waals surface area (Å²) in [6.45, 7) is 3.71. The summed E-state index contributed by atoms with van der Waals surface area (Å²) >= 11 is 0. The third-order valence-corrected chi connectivity index (χ3v) is 4.34. The summed E-state index contributed by atoms with van der Waals surface area (Å²) in [5.41, 5.74) is 0.938. The highest BCUT2D eigenvalue weighted by molar-refractivity contribution is 5.37. The number of rotatable bonds is 6. The van der Waals surface area contributed by atoms with Crippen LogP contribution in [0.2, 0.25) is 0 Å². The first-order chi connectivity index (χ1) is 10.4. The lowest BCUT2D eigenvalue weighted by atomic mass is 9.97. The fourth-order valence-corrected chi connectivity index (χ4v) is 3.23. The van der Waals surface area contributed by atoms with Gasteiger partial charge in [-0.15, -0.1) is 10.2 Å². The van der Waals surface area contributed by atoms with E-state index in [1.807, 2.05) is 18.2 Å². The molecule has 0 spiro atoms. The number of nitrogens with zero attached hydrogens (tertiary/aromatic N) is 4. The van der Waals surface area contributed by atoms with Crippen molar-refractivity contribution in [3.8, 4) is 0 Å². The Morgan fingerprint density at radius 1 is 1.19 bits per heavy atom. The predicted octanol–water partition coefficient (Wildman–Crippen LogP) is 2.07. The first-order valence-electron chi connectivity index (χ1n) is 8.01. The first-order valence-corrected chi connectivity index (χ1v) is 8.01. The van der Waals surface area contributed by atoms with Gasteiger partial charge in [0.05, 0.1) is 0 Å². The Bertz CT molecular complexity index is 568. The van der Waals surface area contributed by atoms with Gasteiger partial charge in [-0.25, -0.2) is 0 Å². The fourth-order valence-electron chi connectivity index (χ4n) is 3.23. The van der Waals surface area contributed by atoms with Crippen LogP contribution in [-0.4, -0.2) is 50.8 Å². The molecule has 1 atom stereocenters. The molecule has 0 radical (unpaired) electrons. The van der Waals surface area contributed by atoms with Crippen LogP contribution in [0.1, 0.15) is 43.8 Å². The third kappa shape index (κ3) is 3.41. The Balaban J connectivity index is 1.63. The number of hydrogen-bond acceptors (Lipinski definition) is 4. The third-order valence-electron chi connectivity index (χ3n) is 4.34. The monoisotopic (exact) mass is 288 g/mol. The van der Waals surface area contributed by atoms with Gasteiger partial charge in [-0.2, -0.15) is 0 Å². The zero-order valence-corrected chi connectivity index (χ0v) is 12.5. The highest BCUT2D eigenvalue weighted by Crippen LogP contribution is 2.26. The molecule has 5 nitrogen and oxygen atoms in total. The number of likely N-dealkylation sites (tertiary alicyclic amines) is 1. The number of aromatic nitrogens is 3. The van der Waals surface area contributed by atoms with Gasteiger partial charge >= 0.3 is 0 Å². The van der Waals surface area contributed by atoms with Crippen molar-refractivity contribution < 1.29 is 5.11 Å². The maximum absolute atomic E-state index is 8.84. The van der Waals surface area contributed by atoms with Gasteiger partial charge < -0.3 is 10.0 Å². The van der Waals surface area contributed by atoms with Crippen LogP contribution in [-0.2, 0) is 0 Å². The van der Waals surface area contributed by atoms with Crippen molar-refractivity contribution in [2.75, 3.05) is 26.2 Å². The molecule has 0 aliphatic carbocycles. The second-order valence-corrected chi connectivity index (χ2v) is 5.91. The van der Waals surface area contributed by atoms with Gasteiger partial charge in [-0.3, -0.25) is 4.40 Å². The molecule has 0 amide bonds. The van der Waals surface area contributed by atoms with Crippen LogP contribution >= 0.6 is 0 Å². The van der Waals surface area contributed by atoms with Crippen molar-refractivity contribution >= 4 is 5.65 Å². The Labute approximate surface area is 125 Å². The Morgan fingerprint density at radius 3 is 3.05 bits per heavy atom. The van der Waals surface area contributed by atoms with Gasteiger partial charge in [0.25, 0.3) is 0 Å². The van der Waals surface area contributed by atoms with E-state index in [0.29, 0.717) is 12.5 Å². The first kappa shape index (κ1) is 14.5. The van der Waals surface area contributed by atoms with E-state index in [4.69, 9.17) is 5.11 Å². The van der Waals surface area contributed by atoms with E-state index in [2.05, 4.69) is 25.7 Å². The molecule has 0 aromatic carbocycles. The zero-order valence-electron chi connectivity index (χ0n) is 12.5. The van der Waals surface area contributed by atoms with E-state index >= 15 is 0 Å². The molecule has 3 rings (SSSR count). The summed E-state index contributed by atoms with van der Waals surface area (Å²) in [7, 11) is 0. The Kier molecular flexibility index (Phi) is 4.83. The lowest BCUT2D eigenvalue weighted by Gasteiger charge is -2.31. The Morgan fingerprint density at radius 2 is 2.14 bits per heavy atom. The molecule has 0 bridgehead atoms. The molecule has 1 saturated heterocycles. The van der Waals surface area contributed by atoms with Crippen molar-refractivity contribution in [3.05, 3.63) is 30.2 Å². The van der Waals surface area contributed by atoms with Crippen LogP contribution in [0.5, 0.6) is 0 Å². The normalized spacial score (nSPS) is 20.1. The average molecular weight is 288 g/mol. The van der Waals surface area contributed by atoms with E-state index in [9.17, 15) is 0 Å². The highest BCUT2D eigenvalue weighted by atomic mass is 16.2. The summed E-state index contributed by atoms with van der Waals surface area (Å²) in [5, 5.41) is 17.5. The number of aliphatic hydroxyl groups is 1. The average Bonchev–Trinajstić information content (AvgIpc) is 2.96. The molecule has 2 aromatic rings. The molecule has 114 valence electrons. The van der Waals surface area contributed by atoms with Crippen molar-refractivity contribution in [3.63, 3.8) is 0 Å². The van der Waals surface area contributed by atoms with Crippen molar-refractivity contribution in [2.24, 2.45) is 0 Å².